The second-order valence-electron chi connectivity index (χ2n) is 3.99. The van der Waals surface area contributed by atoms with Crippen LogP contribution in [0.25, 0.3) is 0 Å². The van der Waals surface area contributed by atoms with Gasteiger partial charge in [-0.05, 0) is 6.07 Å². The number of aromatic nitrogens is 3. The van der Waals surface area contributed by atoms with E-state index in [9.17, 15) is 13.2 Å². The molecule has 0 unspecified atom stereocenters. The normalized spacial score (nSPS) is 11.0. The molecule has 0 aromatic carbocycles. The van der Waals surface area contributed by atoms with Gasteiger partial charge >= 0.3 is 6.18 Å². The predicted molar refractivity (Wildman–Crippen MR) is 67.7 cm³/mol. The molecule has 0 atom stereocenters. The molecule has 0 amide bonds. The molecule has 0 saturated heterocycles. The van der Waals surface area contributed by atoms with Crippen molar-refractivity contribution in [1.82, 2.24) is 15.0 Å². The first kappa shape index (κ1) is 14.5. The van der Waals surface area contributed by atoms with Gasteiger partial charge in [0.2, 0.25) is 5.95 Å². The summed E-state index contributed by atoms with van der Waals surface area (Å²) in [5, 5.41) is 11.3. The Hall–Kier alpha value is -2.89. The van der Waals surface area contributed by atoms with Crippen molar-refractivity contribution < 1.29 is 13.2 Å². The van der Waals surface area contributed by atoms with E-state index in [1.54, 1.807) is 6.07 Å². The molecule has 2 aromatic heterocycles. The minimum atomic E-state index is -4.47. The van der Waals surface area contributed by atoms with Crippen LogP contribution in [-0.4, -0.2) is 15.0 Å². The van der Waals surface area contributed by atoms with Gasteiger partial charge in [0.15, 0.2) is 0 Å². The molecule has 9 heteroatoms. The van der Waals surface area contributed by atoms with Crippen LogP contribution < -0.4 is 11.1 Å². The smallest absolute Gasteiger partial charge is 0.382 e. The molecule has 3 N–H and O–H groups in total. The van der Waals surface area contributed by atoms with Crippen molar-refractivity contribution in [2.75, 3.05) is 11.1 Å². The van der Waals surface area contributed by atoms with Crippen LogP contribution >= 0.6 is 0 Å². The van der Waals surface area contributed by atoms with Gasteiger partial charge in [-0.2, -0.15) is 23.4 Å². The number of nitrogen functional groups attached to an aromatic ring is 1. The Bertz CT molecular complexity index is 692. The van der Waals surface area contributed by atoms with Gasteiger partial charge in [0, 0.05) is 24.5 Å². The number of nitriles is 1. The maximum Gasteiger partial charge on any atom is 0.416 e. The molecular weight excluding hydrogens is 285 g/mol. The van der Waals surface area contributed by atoms with Crippen LogP contribution in [0.2, 0.25) is 0 Å². The molecule has 0 aliphatic rings. The Morgan fingerprint density at radius 1 is 1.33 bits per heavy atom. The van der Waals surface area contributed by atoms with Crippen LogP contribution in [0.3, 0.4) is 0 Å². The number of anilines is 2. The summed E-state index contributed by atoms with van der Waals surface area (Å²) in [5.41, 5.74) is 4.76. The summed E-state index contributed by atoms with van der Waals surface area (Å²) in [7, 11) is 0. The van der Waals surface area contributed by atoms with E-state index in [2.05, 4.69) is 20.3 Å². The first-order valence-corrected chi connectivity index (χ1v) is 5.68. The molecule has 108 valence electrons. The number of nitrogens with one attached hydrogen (secondary N) is 1. The van der Waals surface area contributed by atoms with Gasteiger partial charge in [0.05, 0.1) is 11.8 Å². The number of halogens is 3. The molecule has 0 bridgehead atoms. The molecule has 0 fully saturated rings. The monoisotopic (exact) mass is 294 g/mol. The van der Waals surface area contributed by atoms with Gasteiger partial charge in [-0.25, -0.2) is 4.98 Å². The van der Waals surface area contributed by atoms with Crippen molar-refractivity contribution in [2.45, 2.75) is 12.7 Å². The quantitative estimate of drug-likeness (QED) is 0.897. The molecule has 0 spiro atoms. The van der Waals surface area contributed by atoms with Crippen LogP contribution in [0, 0.1) is 11.3 Å². The summed E-state index contributed by atoms with van der Waals surface area (Å²) in [6.07, 6.45) is -1.09. The fourth-order valence-electron chi connectivity index (χ4n) is 1.59. The number of hydrogen-bond donors (Lipinski definition) is 2. The fraction of sp³-hybridized carbons (Fsp3) is 0.167. The van der Waals surface area contributed by atoms with Crippen molar-refractivity contribution in [2.24, 2.45) is 0 Å². The summed E-state index contributed by atoms with van der Waals surface area (Å²) in [4.78, 5) is 11.2. The summed E-state index contributed by atoms with van der Waals surface area (Å²) < 4.78 is 38.4. The minimum Gasteiger partial charge on any atom is -0.382 e. The Balaban J connectivity index is 2.18. The lowest BCUT2D eigenvalue weighted by Crippen LogP contribution is -2.13. The molecule has 0 saturated carbocycles. The molecule has 0 radical (unpaired) electrons. The van der Waals surface area contributed by atoms with E-state index >= 15 is 0 Å². The largest absolute Gasteiger partial charge is 0.416 e. The van der Waals surface area contributed by atoms with E-state index < -0.39 is 11.7 Å². The SMILES string of the molecule is N#Cc1cnc(NCc2cnccc2C(F)(F)F)nc1N. The molecule has 21 heavy (non-hydrogen) atoms. The summed E-state index contributed by atoms with van der Waals surface area (Å²) in [6, 6.07) is 2.68. The van der Waals surface area contributed by atoms with Gasteiger partial charge in [-0.1, -0.05) is 0 Å². The minimum absolute atomic E-state index is 0.0310. The lowest BCUT2D eigenvalue weighted by molar-refractivity contribution is -0.138. The third-order valence-corrected chi connectivity index (χ3v) is 2.58. The van der Waals surface area contributed by atoms with E-state index in [0.29, 0.717) is 0 Å². The van der Waals surface area contributed by atoms with E-state index in [1.165, 1.54) is 6.20 Å². The highest BCUT2D eigenvalue weighted by Gasteiger charge is 2.33. The summed E-state index contributed by atoms with van der Waals surface area (Å²) in [6.45, 7) is -0.173. The molecular formula is C12H9F3N6. The van der Waals surface area contributed by atoms with Gasteiger partial charge < -0.3 is 11.1 Å². The number of nitrogens with zero attached hydrogens (tertiary/aromatic N) is 4. The Kier molecular flexibility index (Phi) is 3.89. The first-order valence-electron chi connectivity index (χ1n) is 5.68. The summed E-state index contributed by atoms with van der Waals surface area (Å²) >= 11 is 0. The topological polar surface area (TPSA) is 101 Å². The van der Waals surface area contributed by atoms with Gasteiger partial charge in [0.1, 0.15) is 17.5 Å². The molecule has 0 aliphatic heterocycles. The van der Waals surface area contributed by atoms with Crippen molar-refractivity contribution >= 4 is 11.8 Å². The second kappa shape index (κ2) is 5.62. The third-order valence-electron chi connectivity index (χ3n) is 2.58. The highest BCUT2D eigenvalue weighted by atomic mass is 19.4. The standard InChI is InChI=1S/C12H9F3N6/c13-12(14,15)9-1-2-18-4-8(9)6-20-11-19-5-7(3-16)10(17)21-11/h1-2,4-5H,6H2,(H3,17,19,20,21). The summed E-state index contributed by atoms with van der Waals surface area (Å²) in [5.74, 6) is -0.0132. The van der Waals surface area contributed by atoms with Crippen LogP contribution in [0.4, 0.5) is 24.9 Å². The van der Waals surface area contributed by atoms with E-state index in [-0.39, 0.29) is 29.4 Å². The van der Waals surface area contributed by atoms with Crippen LogP contribution in [0.1, 0.15) is 16.7 Å². The van der Waals surface area contributed by atoms with E-state index in [0.717, 1.165) is 18.5 Å². The zero-order valence-corrected chi connectivity index (χ0v) is 10.5. The van der Waals surface area contributed by atoms with Crippen molar-refractivity contribution in [3.63, 3.8) is 0 Å². The lowest BCUT2D eigenvalue weighted by Gasteiger charge is -2.12. The van der Waals surface area contributed by atoms with Gasteiger partial charge in [0.25, 0.3) is 0 Å². The van der Waals surface area contributed by atoms with E-state index in [4.69, 9.17) is 11.0 Å². The Morgan fingerprint density at radius 3 is 2.71 bits per heavy atom. The number of rotatable bonds is 3. The molecule has 2 rings (SSSR count). The highest BCUT2D eigenvalue weighted by Crippen LogP contribution is 2.31. The van der Waals surface area contributed by atoms with Gasteiger partial charge in [-0.15, -0.1) is 0 Å². The van der Waals surface area contributed by atoms with Crippen molar-refractivity contribution in [1.29, 1.82) is 5.26 Å². The Morgan fingerprint density at radius 2 is 2.10 bits per heavy atom. The van der Waals surface area contributed by atoms with Crippen molar-refractivity contribution in [3.8, 4) is 6.07 Å². The third kappa shape index (κ3) is 3.36. The predicted octanol–water partition coefficient (Wildman–Crippen LogP) is 1.96. The highest BCUT2D eigenvalue weighted by molar-refractivity contribution is 5.49. The zero-order chi connectivity index (χ0) is 15.5. The second-order valence-corrected chi connectivity index (χ2v) is 3.99. The number of hydrogen-bond acceptors (Lipinski definition) is 6. The average molecular weight is 294 g/mol. The van der Waals surface area contributed by atoms with Crippen LogP contribution in [0.15, 0.2) is 24.7 Å². The average Bonchev–Trinajstić information content (AvgIpc) is 2.44. The molecule has 0 aliphatic carbocycles. The maximum atomic E-state index is 12.8. The number of pyridine rings is 1. The molecule has 6 nitrogen and oxygen atoms in total. The first-order chi connectivity index (χ1) is 9.91. The number of nitrogens with two attached hydrogens (primary N) is 1. The van der Waals surface area contributed by atoms with Crippen LogP contribution in [-0.2, 0) is 12.7 Å². The Labute approximate surface area is 117 Å². The van der Waals surface area contributed by atoms with E-state index in [1.807, 2.05) is 0 Å². The molecule has 2 heterocycles. The van der Waals surface area contributed by atoms with Gasteiger partial charge in [-0.3, -0.25) is 4.98 Å². The van der Waals surface area contributed by atoms with Crippen LogP contribution in [0.5, 0.6) is 0 Å². The maximum absolute atomic E-state index is 12.8. The molecule has 2 aromatic rings. The van der Waals surface area contributed by atoms with Crippen molar-refractivity contribution in [3.05, 3.63) is 41.3 Å². The fourth-order valence-corrected chi connectivity index (χ4v) is 1.59. The number of alkyl halides is 3. The zero-order valence-electron chi connectivity index (χ0n) is 10.5. The lowest BCUT2D eigenvalue weighted by atomic mass is 10.1.